The van der Waals surface area contributed by atoms with Crippen LogP contribution in [0.25, 0.3) is 11.0 Å². The van der Waals surface area contributed by atoms with Crippen molar-refractivity contribution < 1.29 is 5.11 Å². The van der Waals surface area contributed by atoms with Crippen molar-refractivity contribution in [2.75, 3.05) is 18.1 Å². The second-order valence-electron chi connectivity index (χ2n) is 4.77. The molecule has 1 aromatic carbocycles. The summed E-state index contributed by atoms with van der Waals surface area (Å²) in [5, 5.41) is 9.19. The lowest BCUT2D eigenvalue weighted by Crippen LogP contribution is -2.30. The zero-order valence-corrected chi connectivity index (χ0v) is 10.5. The minimum Gasteiger partial charge on any atom is -0.395 e. The zero-order chi connectivity index (χ0) is 12.5. The number of benzene rings is 1. The first-order valence-electron chi connectivity index (χ1n) is 6.40. The molecule has 1 aliphatic rings. The van der Waals surface area contributed by atoms with Crippen LogP contribution in [-0.2, 0) is 0 Å². The Morgan fingerprint density at radius 2 is 1.89 bits per heavy atom. The maximum absolute atomic E-state index is 9.19. The number of hydrogen-bond acceptors (Lipinski definition) is 4. The molecular weight excluding hydrogens is 226 g/mol. The van der Waals surface area contributed by atoms with E-state index < -0.39 is 0 Å². The summed E-state index contributed by atoms with van der Waals surface area (Å²) >= 11 is 0. The molecule has 2 aromatic rings. The number of aliphatic hydroxyl groups is 1. The van der Waals surface area contributed by atoms with Crippen LogP contribution in [0.4, 0.5) is 5.82 Å². The molecule has 3 rings (SSSR count). The van der Waals surface area contributed by atoms with E-state index in [0.29, 0.717) is 12.6 Å². The number of aliphatic hydroxyl groups excluding tert-OH is 1. The Kier molecular flexibility index (Phi) is 2.88. The van der Waals surface area contributed by atoms with E-state index in [2.05, 4.69) is 9.88 Å². The number of aromatic nitrogens is 2. The lowest BCUT2D eigenvalue weighted by Gasteiger charge is -2.24. The Morgan fingerprint density at radius 1 is 1.22 bits per heavy atom. The molecule has 0 bridgehead atoms. The van der Waals surface area contributed by atoms with Crippen molar-refractivity contribution in [2.24, 2.45) is 0 Å². The summed E-state index contributed by atoms with van der Waals surface area (Å²) in [5.74, 6) is 0.922. The average Bonchev–Trinajstić information content (AvgIpc) is 3.20. The number of rotatable bonds is 4. The first-order valence-corrected chi connectivity index (χ1v) is 6.40. The molecule has 18 heavy (non-hydrogen) atoms. The van der Waals surface area contributed by atoms with E-state index in [1.807, 2.05) is 31.2 Å². The summed E-state index contributed by atoms with van der Waals surface area (Å²) in [6, 6.07) is 8.44. The fourth-order valence-electron chi connectivity index (χ4n) is 2.31. The van der Waals surface area contributed by atoms with Gasteiger partial charge in [0.2, 0.25) is 0 Å². The summed E-state index contributed by atoms with van der Waals surface area (Å²) in [5.41, 5.74) is 2.79. The summed E-state index contributed by atoms with van der Waals surface area (Å²) in [4.78, 5) is 11.5. The fourth-order valence-corrected chi connectivity index (χ4v) is 2.31. The second kappa shape index (κ2) is 4.53. The van der Waals surface area contributed by atoms with Crippen LogP contribution in [0.2, 0.25) is 0 Å². The van der Waals surface area contributed by atoms with Gasteiger partial charge in [0.1, 0.15) is 0 Å². The van der Waals surface area contributed by atoms with E-state index >= 15 is 0 Å². The van der Waals surface area contributed by atoms with Crippen molar-refractivity contribution in [3.63, 3.8) is 0 Å². The van der Waals surface area contributed by atoms with E-state index in [1.54, 1.807) is 0 Å². The molecule has 1 saturated carbocycles. The van der Waals surface area contributed by atoms with E-state index in [0.717, 1.165) is 22.5 Å². The van der Waals surface area contributed by atoms with Crippen LogP contribution in [0.1, 0.15) is 18.5 Å². The smallest absolute Gasteiger partial charge is 0.151 e. The molecule has 0 spiro atoms. The normalized spacial score (nSPS) is 15.0. The van der Waals surface area contributed by atoms with Crippen molar-refractivity contribution in [1.82, 2.24) is 9.97 Å². The van der Waals surface area contributed by atoms with Gasteiger partial charge in [-0.25, -0.2) is 9.97 Å². The van der Waals surface area contributed by atoms with Crippen LogP contribution in [0.3, 0.4) is 0 Å². The van der Waals surface area contributed by atoms with Gasteiger partial charge in [0, 0.05) is 12.6 Å². The fraction of sp³-hybridized carbons (Fsp3) is 0.429. The standard InChI is InChI=1S/C14H17N3O/c1-10-14(17(8-9-18)11-6-7-11)16-13-5-3-2-4-12(13)15-10/h2-5,11,18H,6-9H2,1H3. The minimum atomic E-state index is 0.157. The third-order valence-electron chi connectivity index (χ3n) is 3.32. The molecule has 0 saturated heterocycles. The van der Waals surface area contributed by atoms with Crippen LogP contribution >= 0.6 is 0 Å². The summed E-state index contributed by atoms with van der Waals surface area (Å²) in [6.07, 6.45) is 2.38. The number of fused-ring (bicyclic) bond motifs is 1. The number of para-hydroxylation sites is 2. The number of nitrogens with zero attached hydrogens (tertiary/aromatic N) is 3. The van der Waals surface area contributed by atoms with E-state index in [-0.39, 0.29) is 6.61 Å². The molecule has 0 aliphatic heterocycles. The average molecular weight is 243 g/mol. The molecule has 0 atom stereocenters. The Bertz CT molecular complexity index is 566. The molecular formula is C14H17N3O. The van der Waals surface area contributed by atoms with E-state index in [4.69, 9.17) is 4.98 Å². The molecule has 1 heterocycles. The largest absolute Gasteiger partial charge is 0.395 e. The van der Waals surface area contributed by atoms with Crippen molar-refractivity contribution in [3.05, 3.63) is 30.0 Å². The minimum absolute atomic E-state index is 0.157. The highest BCUT2D eigenvalue weighted by Gasteiger charge is 2.30. The van der Waals surface area contributed by atoms with Gasteiger partial charge < -0.3 is 10.0 Å². The molecule has 94 valence electrons. The summed E-state index contributed by atoms with van der Waals surface area (Å²) in [7, 11) is 0. The van der Waals surface area contributed by atoms with Gasteiger partial charge in [0.05, 0.1) is 23.3 Å². The van der Waals surface area contributed by atoms with E-state index in [1.165, 1.54) is 12.8 Å². The van der Waals surface area contributed by atoms with E-state index in [9.17, 15) is 5.11 Å². The molecule has 0 amide bonds. The topological polar surface area (TPSA) is 49.2 Å². The number of anilines is 1. The first kappa shape index (κ1) is 11.4. The third-order valence-corrected chi connectivity index (χ3v) is 3.32. The van der Waals surface area contributed by atoms with Crippen LogP contribution in [0.5, 0.6) is 0 Å². The maximum Gasteiger partial charge on any atom is 0.151 e. The molecule has 0 unspecified atom stereocenters. The Labute approximate surface area is 106 Å². The highest BCUT2D eigenvalue weighted by molar-refractivity contribution is 5.76. The predicted octanol–water partition coefficient (Wildman–Crippen LogP) is 1.90. The van der Waals surface area contributed by atoms with Crippen LogP contribution in [-0.4, -0.2) is 34.3 Å². The lowest BCUT2D eigenvalue weighted by molar-refractivity contribution is 0.301. The Balaban J connectivity index is 2.06. The molecule has 1 fully saturated rings. The van der Waals surface area contributed by atoms with Gasteiger partial charge in [-0.3, -0.25) is 0 Å². The molecule has 0 radical (unpaired) electrons. The van der Waals surface area contributed by atoms with Crippen molar-refractivity contribution in [2.45, 2.75) is 25.8 Å². The monoisotopic (exact) mass is 243 g/mol. The molecule has 1 aliphatic carbocycles. The molecule has 4 heteroatoms. The predicted molar refractivity (Wildman–Crippen MR) is 71.7 cm³/mol. The first-order chi connectivity index (χ1) is 8.79. The Morgan fingerprint density at radius 3 is 2.50 bits per heavy atom. The lowest BCUT2D eigenvalue weighted by atomic mass is 10.2. The molecule has 1 aromatic heterocycles. The van der Waals surface area contributed by atoms with Gasteiger partial charge in [0.25, 0.3) is 0 Å². The van der Waals surface area contributed by atoms with Gasteiger partial charge >= 0.3 is 0 Å². The Hall–Kier alpha value is -1.68. The zero-order valence-electron chi connectivity index (χ0n) is 10.5. The second-order valence-corrected chi connectivity index (χ2v) is 4.77. The van der Waals surface area contributed by atoms with Crippen molar-refractivity contribution in [1.29, 1.82) is 0 Å². The van der Waals surface area contributed by atoms with Gasteiger partial charge in [-0.05, 0) is 31.9 Å². The number of aryl methyl sites for hydroxylation is 1. The van der Waals surface area contributed by atoms with Crippen molar-refractivity contribution in [3.8, 4) is 0 Å². The van der Waals surface area contributed by atoms with Gasteiger partial charge in [-0.15, -0.1) is 0 Å². The van der Waals surface area contributed by atoms with Gasteiger partial charge in [-0.1, -0.05) is 12.1 Å². The van der Waals surface area contributed by atoms with Gasteiger partial charge in [0.15, 0.2) is 5.82 Å². The summed E-state index contributed by atoms with van der Waals surface area (Å²) < 4.78 is 0. The highest BCUT2D eigenvalue weighted by atomic mass is 16.3. The third kappa shape index (κ3) is 2.04. The molecule has 1 N–H and O–H groups in total. The van der Waals surface area contributed by atoms with Crippen LogP contribution in [0.15, 0.2) is 24.3 Å². The molecule has 4 nitrogen and oxygen atoms in total. The van der Waals surface area contributed by atoms with Crippen LogP contribution in [0, 0.1) is 6.92 Å². The number of hydrogen-bond donors (Lipinski definition) is 1. The SMILES string of the molecule is Cc1nc2ccccc2nc1N(CCO)C1CC1. The maximum atomic E-state index is 9.19. The van der Waals surface area contributed by atoms with Gasteiger partial charge in [-0.2, -0.15) is 0 Å². The van der Waals surface area contributed by atoms with Crippen molar-refractivity contribution >= 4 is 16.9 Å². The quantitative estimate of drug-likeness (QED) is 0.891. The highest BCUT2D eigenvalue weighted by Crippen LogP contribution is 2.32. The summed E-state index contributed by atoms with van der Waals surface area (Å²) in [6.45, 7) is 2.78. The van der Waals surface area contributed by atoms with Crippen LogP contribution < -0.4 is 4.90 Å².